The average molecular weight is 278 g/mol. The van der Waals surface area contributed by atoms with Crippen molar-refractivity contribution >= 4 is 12.2 Å². The lowest BCUT2D eigenvalue weighted by atomic mass is 10.1. The highest BCUT2D eigenvalue weighted by atomic mass is 16.5. The summed E-state index contributed by atoms with van der Waals surface area (Å²) in [6.45, 7) is 1.67. The largest absolute Gasteiger partial charge is 0.465 e. The first kappa shape index (κ1) is 14.2. The van der Waals surface area contributed by atoms with Crippen molar-refractivity contribution in [3.05, 3.63) is 35.9 Å². The molecule has 1 aliphatic heterocycles. The van der Waals surface area contributed by atoms with Crippen LogP contribution in [0.1, 0.15) is 12.0 Å². The standard InChI is InChI=1S/C14H18N2O4/c17-13(20-10-11-4-2-1-3-5-11)15-8-12-6-7-16(9-12)14(18)19/h1-5,12H,6-10H2,(H,15,17)(H,18,19)/t12-/m1/s1. The molecule has 0 saturated carbocycles. The van der Waals surface area contributed by atoms with Crippen molar-refractivity contribution < 1.29 is 19.4 Å². The van der Waals surface area contributed by atoms with E-state index in [9.17, 15) is 9.59 Å². The number of nitrogens with one attached hydrogen (secondary N) is 1. The zero-order chi connectivity index (χ0) is 14.4. The molecule has 0 bridgehead atoms. The highest BCUT2D eigenvalue weighted by Crippen LogP contribution is 2.15. The van der Waals surface area contributed by atoms with Crippen molar-refractivity contribution in [3.8, 4) is 0 Å². The van der Waals surface area contributed by atoms with Gasteiger partial charge in [0.1, 0.15) is 6.61 Å². The first-order valence-electron chi connectivity index (χ1n) is 6.57. The number of carboxylic acid groups (broad SMARTS) is 1. The van der Waals surface area contributed by atoms with Gasteiger partial charge in [0.05, 0.1) is 0 Å². The van der Waals surface area contributed by atoms with Gasteiger partial charge in [-0.25, -0.2) is 9.59 Å². The predicted molar refractivity (Wildman–Crippen MR) is 72.3 cm³/mol. The van der Waals surface area contributed by atoms with E-state index in [0.29, 0.717) is 19.6 Å². The van der Waals surface area contributed by atoms with Gasteiger partial charge in [0.2, 0.25) is 0 Å². The molecular weight excluding hydrogens is 260 g/mol. The first-order valence-corrected chi connectivity index (χ1v) is 6.57. The fourth-order valence-corrected chi connectivity index (χ4v) is 2.17. The minimum atomic E-state index is -0.904. The zero-order valence-corrected chi connectivity index (χ0v) is 11.1. The van der Waals surface area contributed by atoms with Crippen LogP contribution in [0.4, 0.5) is 9.59 Å². The molecule has 1 aromatic carbocycles. The van der Waals surface area contributed by atoms with E-state index in [2.05, 4.69) is 5.32 Å². The van der Waals surface area contributed by atoms with Crippen molar-refractivity contribution in [2.75, 3.05) is 19.6 Å². The normalized spacial score (nSPS) is 17.8. The summed E-state index contributed by atoms with van der Waals surface area (Å²) in [7, 11) is 0. The fourth-order valence-electron chi connectivity index (χ4n) is 2.17. The second-order valence-corrected chi connectivity index (χ2v) is 4.83. The molecule has 0 radical (unpaired) electrons. The van der Waals surface area contributed by atoms with Gasteiger partial charge < -0.3 is 20.1 Å². The van der Waals surface area contributed by atoms with E-state index >= 15 is 0 Å². The number of ether oxygens (including phenoxy) is 1. The molecule has 0 spiro atoms. The van der Waals surface area contributed by atoms with Crippen LogP contribution >= 0.6 is 0 Å². The van der Waals surface area contributed by atoms with Crippen molar-refractivity contribution in [3.63, 3.8) is 0 Å². The maximum absolute atomic E-state index is 11.5. The smallest absolute Gasteiger partial charge is 0.407 e. The number of rotatable bonds is 4. The van der Waals surface area contributed by atoms with Crippen LogP contribution in [0, 0.1) is 5.92 Å². The monoisotopic (exact) mass is 278 g/mol. The Balaban J connectivity index is 1.65. The number of carbonyl (C=O) groups excluding carboxylic acids is 1. The molecule has 1 aliphatic rings. The Morgan fingerprint density at radius 3 is 2.75 bits per heavy atom. The van der Waals surface area contributed by atoms with E-state index in [-0.39, 0.29) is 12.5 Å². The van der Waals surface area contributed by atoms with Gasteiger partial charge in [0.25, 0.3) is 0 Å². The predicted octanol–water partition coefficient (Wildman–Crippen LogP) is 1.91. The van der Waals surface area contributed by atoms with Crippen molar-refractivity contribution in [2.24, 2.45) is 5.92 Å². The molecule has 0 unspecified atom stereocenters. The summed E-state index contributed by atoms with van der Waals surface area (Å²) >= 11 is 0. The summed E-state index contributed by atoms with van der Waals surface area (Å²) in [6, 6.07) is 9.44. The molecular formula is C14H18N2O4. The molecule has 1 aromatic rings. The Bertz CT molecular complexity index is 464. The quantitative estimate of drug-likeness (QED) is 0.881. The SMILES string of the molecule is O=C(NC[C@H]1CCN(C(=O)O)C1)OCc1ccccc1. The van der Waals surface area contributed by atoms with E-state index in [1.54, 1.807) is 0 Å². The summed E-state index contributed by atoms with van der Waals surface area (Å²) in [5, 5.41) is 11.5. The maximum Gasteiger partial charge on any atom is 0.407 e. The molecule has 2 amide bonds. The maximum atomic E-state index is 11.5. The van der Waals surface area contributed by atoms with Crippen molar-refractivity contribution in [2.45, 2.75) is 13.0 Å². The lowest BCUT2D eigenvalue weighted by Crippen LogP contribution is -2.32. The molecule has 2 rings (SSSR count). The molecule has 6 nitrogen and oxygen atoms in total. The van der Waals surface area contributed by atoms with Crippen LogP contribution < -0.4 is 5.32 Å². The Hall–Kier alpha value is -2.24. The fraction of sp³-hybridized carbons (Fsp3) is 0.429. The van der Waals surface area contributed by atoms with Crippen LogP contribution in [-0.4, -0.2) is 41.8 Å². The average Bonchev–Trinajstić information content (AvgIpc) is 2.93. The van der Waals surface area contributed by atoms with Crippen LogP contribution in [-0.2, 0) is 11.3 Å². The van der Waals surface area contributed by atoms with Gasteiger partial charge in [-0.3, -0.25) is 0 Å². The number of nitrogens with zero attached hydrogens (tertiary/aromatic N) is 1. The van der Waals surface area contributed by atoms with Crippen LogP contribution in [0.5, 0.6) is 0 Å². The molecule has 1 heterocycles. The molecule has 0 aliphatic carbocycles. The highest BCUT2D eigenvalue weighted by molar-refractivity contribution is 5.67. The van der Waals surface area contributed by atoms with Gasteiger partial charge in [-0.15, -0.1) is 0 Å². The first-order chi connectivity index (χ1) is 9.65. The van der Waals surface area contributed by atoms with Crippen LogP contribution in [0.15, 0.2) is 30.3 Å². The number of carbonyl (C=O) groups is 2. The molecule has 108 valence electrons. The Morgan fingerprint density at radius 1 is 1.35 bits per heavy atom. The minimum Gasteiger partial charge on any atom is -0.465 e. The summed E-state index contributed by atoms with van der Waals surface area (Å²) < 4.78 is 5.08. The number of hydrogen-bond donors (Lipinski definition) is 2. The lowest BCUT2D eigenvalue weighted by Gasteiger charge is -2.13. The number of hydrogen-bond acceptors (Lipinski definition) is 3. The van der Waals surface area contributed by atoms with E-state index in [4.69, 9.17) is 9.84 Å². The third-order valence-corrected chi connectivity index (χ3v) is 3.30. The molecule has 1 saturated heterocycles. The molecule has 0 aromatic heterocycles. The number of benzene rings is 1. The number of likely N-dealkylation sites (tertiary alicyclic amines) is 1. The summed E-state index contributed by atoms with van der Waals surface area (Å²) in [5.41, 5.74) is 0.931. The second-order valence-electron chi connectivity index (χ2n) is 4.83. The van der Waals surface area contributed by atoms with Gasteiger partial charge in [0, 0.05) is 19.6 Å². The summed E-state index contributed by atoms with van der Waals surface area (Å²) in [5.74, 6) is 0.162. The van der Waals surface area contributed by atoms with Gasteiger partial charge in [-0.2, -0.15) is 0 Å². The lowest BCUT2D eigenvalue weighted by molar-refractivity contribution is 0.137. The second kappa shape index (κ2) is 6.79. The third kappa shape index (κ3) is 4.15. The number of amides is 2. The van der Waals surface area contributed by atoms with Crippen molar-refractivity contribution in [1.29, 1.82) is 0 Å². The Morgan fingerprint density at radius 2 is 2.10 bits per heavy atom. The van der Waals surface area contributed by atoms with E-state index in [1.165, 1.54) is 4.90 Å². The van der Waals surface area contributed by atoms with Gasteiger partial charge in [-0.1, -0.05) is 30.3 Å². The van der Waals surface area contributed by atoms with Crippen LogP contribution in [0.2, 0.25) is 0 Å². The number of alkyl carbamates (subject to hydrolysis) is 1. The Kier molecular flexibility index (Phi) is 4.81. The molecule has 1 atom stereocenters. The summed E-state index contributed by atoms with van der Waals surface area (Å²) in [6.07, 6.45) is -0.604. The van der Waals surface area contributed by atoms with Crippen LogP contribution in [0.25, 0.3) is 0 Å². The molecule has 2 N–H and O–H groups in total. The Labute approximate surface area is 117 Å². The van der Waals surface area contributed by atoms with Crippen molar-refractivity contribution in [1.82, 2.24) is 10.2 Å². The molecule has 20 heavy (non-hydrogen) atoms. The third-order valence-electron chi connectivity index (χ3n) is 3.30. The summed E-state index contributed by atoms with van der Waals surface area (Å²) in [4.78, 5) is 23.6. The minimum absolute atomic E-state index is 0.162. The highest BCUT2D eigenvalue weighted by Gasteiger charge is 2.26. The van der Waals surface area contributed by atoms with E-state index in [1.807, 2.05) is 30.3 Å². The van der Waals surface area contributed by atoms with E-state index in [0.717, 1.165) is 12.0 Å². The van der Waals surface area contributed by atoms with Crippen LogP contribution in [0.3, 0.4) is 0 Å². The van der Waals surface area contributed by atoms with E-state index < -0.39 is 12.2 Å². The van der Waals surface area contributed by atoms with Gasteiger partial charge in [0.15, 0.2) is 0 Å². The van der Waals surface area contributed by atoms with Gasteiger partial charge >= 0.3 is 12.2 Å². The zero-order valence-electron chi connectivity index (χ0n) is 11.1. The van der Waals surface area contributed by atoms with Gasteiger partial charge in [-0.05, 0) is 17.9 Å². The topological polar surface area (TPSA) is 78.9 Å². The molecule has 1 fully saturated rings. The molecule has 6 heteroatoms.